The predicted octanol–water partition coefficient (Wildman–Crippen LogP) is 1.46. The second kappa shape index (κ2) is 5.54. The molecule has 1 atom stereocenters. The Balaban J connectivity index is 2.44. The first-order chi connectivity index (χ1) is 8.20. The summed E-state index contributed by atoms with van der Waals surface area (Å²) >= 11 is 0. The molecule has 1 heterocycles. The van der Waals surface area contributed by atoms with Crippen molar-refractivity contribution in [2.75, 3.05) is 13.1 Å². The molecular weight excluding hydrogens is 239 g/mol. The van der Waals surface area contributed by atoms with Crippen molar-refractivity contribution in [3.05, 3.63) is 0 Å². The molecule has 1 saturated heterocycles. The van der Waals surface area contributed by atoms with Crippen molar-refractivity contribution in [2.45, 2.75) is 45.4 Å². The highest BCUT2D eigenvalue weighted by atomic mass is 19.1. The van der Waals surface area contributed by atoms with Gasteiger partial charge in [-0.15, -0.1) is 0 Å². The average molecular weight is 260 g/mol. The van der Waals surface area contributed by atoms with Crippen LogP contribution in [-0.2, 0) is 9.53 Å². The monoisotopic (exact) mass is 260 g/mol. The summed E-state index contributed by atoms with van der Waals surface area (Å²) < 4.78 is 18.6. The Labute approximate surface area is 106 Å². The number of hydrogen-bond acceptors (Lipinski definition) is 3. The van der Waals surface area contributed by atoms with Crippen LogP contribution in [0.3, 0.4) is 0 Å². The number of nitrogens with zero attached hydrogens (tertiary/aromatic N) is 1. The van der Waals surface area contributed by atoms with E-state index in [4.69, 9.17) is 10.5 Å². The molecule has 2 N–H and O–H groups in total. The van der Waals surface area contributed by atoms with Crippen LogP contribution in [-0.4, -0.2) is 41.8 Å². The SMILES string of the molecule is CC(C)(C)OC(=O)N1CCC(C(F)C(N)=O)CC1. The topological polar surface area (TPSA) is 72.6 Å². The van der Waals surface area contributed by atoms with Crippen molar-refractivity contribution < 1.29 is 18.7 Å². The van der Waals surface area contributed by atoms with E-state index in [9.17, 15) is 14.0 Å². The van der Waals surface area contributed by atoms with Gasteiger partial charge in [-0.1, -0.05) is 0 Å². The van der Waals surface area contributed by atoms with Gasteiger partial charge in [-0.2, -0.15) is 0 Å². The van der Waals surface area contributed by atoms with Gasteiger partial charge < -0.3 is 15.4 Å². The van der Waals surface area contributed by atoms with E-state index in [0.29, 0.717) is 25.9 Å². The molecule has 6 heteroatoms. The maximum atomic E-state index is 13.4. The Bertz CT molecular complexity index is 320. The van der Waals surface area contributed by atoms with Gasteiger partial charge in [0.05, 0.1) is 0 Å². The minimum atomic E-state index is -1.62. The van der Waals surface area contributed by atoms with E-state index in [1.165, 1.54) is 4.90 Å². The second-order valence-electron chi connectivity index (χ2n) is 5.61. The molecular formula is C12H21FN2O3. The molecule has 0 aromatic rings. The summed E-state index contributed by atoms with van der Waals surface area (Å²) in [7, 11) is 0. The number of likely N-dealkylation sites (tertiary alicyclic amines) is 1. The molecule has 0 radical (unpaired) electrons. The maximum Gasteiger partial charge on any atom is 0.410 e. The summed E-state index contributed by atoms with van der Waals surface area (Å²) in [4.78, 5) is 24.0. The summed E-state index contributed by atoms with van der Waals surface area (Å²) in [6, 6.07) is 0. The molecule has 1 aliphatic rings. The molecule has 104 valence electrons. The number of amides is 2. The van der Waals surface area contributed by atoms with Crippen LogP contribution in [0.2, 0.25) is 0 Å². The number of piperidine rings is 1. The molecule has 0 saturated carbocycles. The van der Waals surface area contributed by atoms with Gasteiger partial charge in [-0.05, 0) is 33.6 Å². The van der Waals surface area contributed by atoms with E-state index < -0.39 is 23.8 Å². The summed E-state index contributed by atoms with van der Waals surface area (Å²) in [5.41, 5.74) is 4.39. The third kappa shape index (κ3) is 4.16. The maximum absolute atomic E-state index is 13.4. The molecule has 2 amide bonds. The fraction of sp³-hybridized carbons (Fsp3) is 0.833. The number of nitrogens with two attached hydrogens (primary N) is 1. The van der Waals surface area contributed by atoms with E-state index in [0.717, 1.165) is 0 Å². The average Bonchev–Trinajstić information content (AvgIpc) is 2.26. The standard InChI is InChI=1S/C12H21FN2O3/c1-12(2,3)18-11(17)15-6-4-8(5-7-15)9(13)10(14)16/h8-9H,4-7H2,1-3H3,(H2,14,16). The highest BCUT2D eigenvalue weighted by Crippen LogP contribution is 2.23. The van der Waals surface area contributed by atoms with Crippen LogP contribution in [0.15, 0.2) is 0 Å². The zero-order valence-corrected chi connectivity index (χ0v) is 11.1. The molecule has 0 aromatic carbocycles. The molecule has 1 unspecified atom stereocenters. The highest BCUT2D eigenvalue weighted by Gasteiger charge is 2.32. The first-order valence-electron chi connectivity index (χ1n) is 6.12. The molecule has 0 aromatic heterocycles. The van der Waals surface area contributed by atoms with E-state index in [1.54, 1.807) is 20.8 Å². The highest BCUT2D eigenvalue weighted by molar-refractivity contribution is 5.79. The van der Waals surface area contributed by atoms with Gasteiger partial charge in [0.25, 0.3) is 5.91 Å². The van der Waals surface area contributed by atoms with Crippen LogP contribution >= 0.6 is 0 Å². The minimum Gasteiger partial charge on any atom is -0.444 e. The quantitative estimate of drug-likeness (QED) is 0.816. The number of primary amides is 1. The first-order valence-corrected chi connectivity index (χ1v) is 6.12. The predicted molar refractivity (Wildman–Crippen MR) is 64.6 cm³/mol. The molecule has 1 aliphatic heterocycles. The number of carbonyl (C=O) groups excluding carboxylic acids is 2. The van der Waals surface area contributed by atoms with Crippen LogP contribution in [0.5, 0.6) is 0 Å². The summed E-state index contributed by atoms with van der Waals surface area (Å²) in [5.74, 6) is -1.31. The van der Waals surface area contributed by atoms with Crippen molar-refractivity contribution in [2.24, 2.45) is 11.7 Å². The summed E-state index contributed by atoms with van der Waals surface area (Å²) in [6.45, 7) is 6.17. The molecule has 0 bridgehead atoms. The van der Waals surface area contributed by atoms with Crippen molar-refractivity contribution in [3.63, 3.8) is 0 Å². The van der Waals surface area contributed by atoms with Gasteiger partial charge >= 0.3 is 6.09 Å². The van der Waals surface area contributed by atoms with Crippen LogP contribution in [0, 0.1) is 5.92 Å². The lowest BCUT2D eigenvalue weighted by Gasteiger charge is -2.33. The lowest BCUT2D eigenvalue weighted by molar-refractivity contribution is -0.125. The number of ether oxygens (including phenoxy) is 1. The molecule has 0 spiro atoms. The van der Waals surface area contributed by atoms with Gasteiger partial charge in [-0.25, -0.2) is 9.18 Å². The van der Waals surface area contributed by atoms with E-state index >= 15 is 0 Å². The molecule has 5 nitrogen and oxygen atoms in total. The third-order valence-corrected chi connectivity index (χ3v) is 2.88. The van der Waals surface area contributed by atoms with E-state index in [2.05, 4.69) is 0 Å². The fourth-order valence-corrected chi connectivity index (χ4v) is 1.93. The van der Waals surface area contributed by atoms with E-state index in [-0.39, 0.29) is 5.92 Å². The number of carbonyl (C=O) groups is 2. The number of halogens is 1. The molecule has 1 rings (SSSR count). The van der Waals surface area contributed by atoms with Crippen molar-refractivity contribution in [1.29, 1.82) is 0 Å². The number of alkyl halides is 1. The van der Waals surface area contributed by atoms with Gasteiger partial charge in [0, 0.05) is 19.0 Å². The Morgan fingerprint density at radius 1 is 1.33 bits per heavy atom. The van der Waals surface area contributed by atoms with Gasteiger partial charge in [-0.3, -0.25) is 4.79 Å². The van der Waals surface area contributed by atoms with Crippen LogP contribution in [0.25, 0.3) is 0 Å². The number of rotatable bonds is 2. The normalized spacial score (nSPS) is 19.4. The minimum absolute atomic E-state index is 0.388. The van der Waals surface area contributed by atoms with Crippen LogP contribution in [0.4, 0.5) is 9.18 Å². The smallest absolute Gasteiger partial charge is 0.410 e. The Kier molecular flexibility index (Phi) is 4.53. The first kappa shape index (κ1) is 14.7. The second-order valence-corrected chi connectivity index (χ2v) is 5.61. The van der Waals surface area contributed by atoms with Gasteiger partial charge in [0.15, 0.2) is 6.17 Å². The molecule has 1 fully saturated rings. The van der Waals surface area contributed by atoms with Crippen molar-refractivity contribution in [1.82, 2.24) is 4.90 Å². The Morgan fingerprint density at radius 2 is 1.83 bits per heavy atom. The fourth-order valence-electron chi connectivity index (χ4n) is 1.93. The van der Waals surface area contributed by atoms with Crippen LogP contribution in [0.1, 0.15) is 33.6 Å². The zero-order chi connectivity index (χ0) is 13.9. The zero-order valence-electron chi connectivity index (χ0n) is 11.1. The van der Waals surface area contributed by atoms with Crippen LogP contribution < -0.4 is 5.73 Å². The van der Waals surface area contributed by atoms with E-state index in [1.807, 2.05) is 0 Å². The van der Waals surface area contributed by atoms with Crippen molar-refractivity contribution in [3.8, 4) is 0 Å². The lowest BCUT2D eigenvalue weighted by atomic mass is 9.92. The Hall–Kier alpha value is -1.33. The van der Waals surface area contributed by atoms with Crippen molar-refractivity contribution >= 4 is 12.0 Å². The summed E-state index contributed by atoms with van der Waals surface area (Å²) in [6.07, 6.45) is -1.15. The lowest BCUT2D eigenvalue weighted by Crippen LogP contribution is -2.45. The Morgan fingerprint density at radius 3 is 2.22 bits per heavy atom. The summed E-state index contributed by atoms with van der Waals surface area (Å²) in [5, 5.41) is 0. The van der Waals surface area contributed by atoms with Gasteiger partial charge in [0.1, 0.15) is 5.60 Å². The van der Waals surface area contributed by atoms with Gasteiger partial charge in [0.2, 0.25) is 0 Å². The number of hydrogen-bond donors (Lipinski definition) is 1. The molecule has 0 aliphatic carbocycles. The largest absolute Gasteiger partial charge is 0.444 e. The molecule has 18 heavy (non-hydrogen) atoms. The third-order valence-electron chi connectivity index (χ3n) is 2.88.